The average molecular weight is 301 g/mol. The molecule has 4 nitrogen and oxygen atoms in total. The van der Waals surface area contributed by atoms with Gasteiger partial charge in [0.05, 0.1) is 5.92 Å². The maximum atomic E-state index is 13.2. The highest BCUT2D eigenvalue weighted by Gasteiger charge is 2.36. The first kappa shape index (κ1) is 15.3. The number of halogens is 3. The van der Waals surface area contributed by atoms with Crippen molar-refractivity contribution in [1.29, 1.82) is 0 Å². The van der Waals surface area contributed by atoms with Crippen molar-refractivity contribution in [2.24, 2.45) is 5.92 Å². The summed E-state index contributed by atoms with van der Waals surface area (Å²) in [5, 5.41) is 9.10. The first-order valence-corrected chi connectivity index (χ1v) is 6.51. The summed E-state index contributed by atoms with van der Waals surface area (Å²) >= 11 is 0. The lowest BCUT2D eigenvalue weighted by Gasteiger charge is -2.37. The molecule has 2 atom stereocenters. The third-order valence-electron chi connectivity index (χ3n) is 3.80. The molecule has 0 saturated carbocycles. The Morgan fingerprint density at radius 1 is 1.24 bits per heavy atom. The number of hydrogen-bond donors (Lipinski definition) is 1. The summed E-state index contributed by atoms with van der Waals surface area (Å²) in [6, 6.07) is 0.648. The van der Waals surface area contributed by atoms with Gasteiger partial charge in [0, 0.05) is 18.2 Å². The largest absolute Gasteiger partial charge is 0.481 e. The number of carbonyl (C=O) groups excluding carboxylic acids is 1. The van der Waals surface area contributed by atoms with Crippen molar-refractivity contribution in [1.82, 2.24) is 4.90 Å². The van der Waals surface area contributed by atoms with Gasteiger partial charge in [-0.1, -0.05) is 0 Å². The molecule has 1 saturated heterocycles. The summed E-state index contributed by atoms with van der Waals surface area (Å²) in [6.45, 7) is 1.87. The van der Waals surface area contributed by atoms with Crippen molar-refractivity contribution in [2.75, 3.05) is 6.54 Å². The summed E-state index contributed by atoms with van der Waals surface area (Å²) in [4.78, 5) is 24.6. The third-order valence-corrected chi connectivity index (χ3v) is 3.80. The van der Waals surface area contributed by atoms with E-state index in [1.54, 1.807) is 6.92 Å². The first-order chi connectivity index (χ1) is 9.82. The van der Waals surface area contributed by atoms with Crippen molar-refractivity contribution in [3.05, 3.63) is 35.1 Å². The third kappa shape index (κ3) is 2.86. The van der Waals surface area contributed by atoms with Crippen LogP contribution in [0.25, 0.3) is 0 Å². The smallest absolute Gasteiger partial charge is 0.308 e. The van der Waals surface area contributed by atoms with Gasteiger partial charge in [0.15, 0.2) is 17.5 Å². The molecule has 0 radical (unpaired) electrons. The lowest BCUT2D eigenvalue weighted by molar-refractivity contribution is -0.144. The zero-order valence-corrected chi connectivity index (χ0v) is 11.3. The number of likely N-dealkylation sites (tertiary alicyclic amines) is 1. The van der Waals surface area contributed by atoms with Gasteiger partial charge in [-0.15, -0.1) is 0 Å². The van der Waals surface area contributed by atoms with E-state index in [4.69, 9.17) is 5.11 Å². The van der Waals surface area contributed by atoms with E-state index in [9.17, 15) is 22.8 Å². The van der Waals surface area contributed by atoms with Crippen LogP contribution in [0.5, 0.6) is 0 Å². The second-order valence-electron chi connectivity index (χ2n) is 5.08. The summed E-state index contributed by atoms with van der Waals surface area (Å²) in [5.74, 6) is -6.97. The number of hydrogen-bond acceptors (Lipinski definition) is 2. The van der Waals surface area contributed by atoms with E-state index >= 15 is 0 Å². The van der Waals surface area contributed by atoms with Crippen LogP contribution in [0.15, 0.2) is 12.1 Å². The van der Waals surface area contributed by atoms with Crippen LogP contribution in [-0.4, -0.2) is 34.5 Å². The lowest BCUT2D eigenvalue weighted by Crippen LogP contribution is -2.49. The van der Waals surface area contributed by atoms with E-state index in [1.807, 2.05) is 0 Å². The molecule has 1 fully saturated rings. The van der Waals surface area contributed by atoms with E-state index in [0.29, 0.717) is 31.5 Å². The van der Waals surface area contributed by atoms with Gasteiger partial charge in [-0.05, 0) is 31.9 Å². The molecule has 114 valence electrons. The van der Waals surface area contributed by atoms with Gasteiger partial charge in [-0.2, -0.15) is 0 Å². The topological polar surface area (TPSA) is 57.6 Å². The molecular formula is C14H14F3NO3. The molecule has 0 spiro atoms. The van der Waals surface area contributed by atoms with Crippen LogP contribution in [-0.2, 0) is 4.79 Å². The van der Waals surface area contributed by atoms with Crippen molar-refractivity contribution in [2.45, 2.75) is 25.8 Å². The summed E-state index contributed by atoms with van der Waals surface area (Å²) in [6.07, 6.45) is 0.922. The van der Waals surface area contributed by atoms with Crippen molar-refractivity contribution in [3.8, 4) is 0 Å². The Hall–Kier alpha value is -2.05. The van der Waals surface area contributed by atoms with Crippen molar-refractivity contribution in [3.63, 3.8) is 0 Å². The molecule has 0 unspecified atom stereocenters. The van der Waals surface area contributed by atoms with Crippen LogP contribution in [0, 0.1) is 23.4 Å². The Kier molecular flexibility index (Phi) is 4.20. The number of carbonyl (C=O) groups is 2. The average Bonchev–Trinajstić information content (AvgIpc) is 2.43. The minimum atomic E-state index is -1.64. The van der Waals surface area contributed by atoms with Gasteiger partial charge in [0.25, 0.3) is 5.91 Å². The molecule has 0 aromatic heterocycles. The summed E-state index contributed by atoms with van der Waals surface area (Å²) in [5.41, 5.74) is -0.329. The quantitative estimate of drug-likeness (QED) is 0.854. The van der Waals surface area contributed by atoms with E-state index in [-0.39, 0.29) is 5.56 Å². The van der Waals surface area contributed by atoms with Gasteiger partial charge in [0.2, 0.25) is 0 Å². The van der Waals surface area contributed by atoms with E-state index in [1.165, 1.54) is 4.90 Å². The molecule has 1 heterocycles. The van der Waals surface area contributed by atoms with Gasteiger partial charge >= 0.3 is 5.97 Å². The monoisotopic (exact) mass is 301 g/mol. The minimum Gasteiger partial charge on any atom is -0.481 e. The Morgan fingerprint density at radius 3 is 2.33 bits per heavy atom. The Bertz CT molecular complexity index is 568. The zero-order chi connectivity index (χ0) is 15.7. The van der Waals surface area contributed by atoms with Crippen LogP contribution in [0.2, 0.25) is 0 Å². The Labute approximate surface area is 119 Å². The molecule has 1 aliphatic rings. The fraction of sp³-hybridized carbons (Fsp3) is 0.429. The fourth-order valence-corrected chi connectivity index (χ4v) is 2.60. The van der Waals surface area contributed by atoms with Gasteiger partial charge < -0.3 is 10.0 Å². The number of piperidine rings is 1. The second kappa shape index (κ2) is 5.75. The van der Waals surface area contributed by atoms with Gasteiger partial charge in [-0.25, -0.2) is 13.2 Å². The van der Waals surface area contributed by atoms with E-state index in [0.717, 1.165) is 0 Å². The highest BCUT2D eigenvalue weighted by atomic mass is 19.2. The normalized spacial score (nSPS) is 22.2. The standard InChI is InChI=1S/C14H14F3NO3/c1-7-9(14(20)21)3-2-4-18(7)13(19)8-5-10(15)12(17)11(16)6-8/h5-7,9H,2-4H2,1H3,(H,20,21)/t7-,9-/m1/s1. The molecule has 1 aliphatic heterocycles. The SMILES string of the molecule is C[C@@H]1[C@H](C(=O)O)CCCN1C(=O)c1cc(F)c(F)c(F)c1. The van der Waals surface area contributed by atoms with Gasteiger partial charge in [0.1, 0.15) is 0 Å². The number of amides is 1. The number of benzene rings is 1. The lowest BCUT2D eigenvalue weighted by atomic mass is 9.90. The molecule has 0 bridgehead atoms. The molecule has 1 aromatic carbocycles. The molecular weight excluding hydrogens is 287 g/mol. The Balaban J connectivity index is 2.29. The molecule has 21 heavy (non-hydrogen) atoms. The van der Waals surface area contributed by atoms with Gasteiger partial charge in [-0.3, -0.25) is 9.59 Å². The molecule has 1 aromatic rings. The Morgan fingerprint density at radius 2 is 1.81 bits per heavy atom. The number of rotatable bonds is 2. The molecule has 1 N–H and O–H groups in total. The van der Waals surface area contributed by atoms with Crippen LogP contribution in [0.4, 0.5) is 13.2 Å². The van der Waals surface area contributed by atoms with Crippen LogP contribution >= 0.6 is 0 Å². The molecule has 7 heteroatoms. The molecule has 1 amide bonds. The highest BCUT2D eigenvalue weighted by Crippen LogP contribution is 2.26. The van der Waals surface area contributed by atoms with Crippen LogP contribution in [0.1, 0.15) is 30.1 Å². The van der Waals surface area contributed by atoms with E-state index in [2.05, 4.69) is 0 Å². The van der Waals surface area contributed by atoms with Crippen molar-refractivity contribution >= 4 is 11.9 Å². The summed E-state index contributed by atoms with van der Waals surface area (Å²) < 4.78 is 39.3. The molecule has 2 rings (SSSR count). The number of aliphatic carboxylic acids is 1. The van der Waals surface area contributed by atoms with Crippen LogP contribution in [0.3, 0.4) is 0 Å². The number of carboxylic acids is 1. The maximum absolute atomic E-state index is 13.2. The van der Waals surface area contributed by atoms with Crippen LogP contribution < -0.4 is 0 Å². The molecule has 0 aliphatic carbocycles. The zero-order valence-electron chi connectivity index (χ0n) is 11.3. The fourth-order valence-electron chi connectivity index (χ4n) is 2.60. The van der Waals surface area contributed by atoms with Crippen molar-refractivity contribution < 1.29 is 27.9 Å². The number of nitrogens with zero attached hydrogens (tertiary/aromatic N) is 1. The number of carboxylic acid groups (broad SMARTS) is 1. The predicted octanol–water partition coefficient (Wildman–Crippen LogP) is 2.43. The minimum absolute atomic E-state index is 0.296. The second-order valence-corrected chi connectivity index (χ2v) is 5.08. The first-order valence-electron chi connectivity index (χ1n) is 6.51. The summed E-state index contributed by atoms with van der Waals surface area (Å²) in [7, 11) is 0. The highest BCUT2D eigenvalue weighted by molar-refractivity contribution is 5.95. The maximum Gasteiger partial charge on any atom is 0.308 e. The van der Waals surface area contributed by atoms with E-state index < -0.39 is 41.3 Å². The predicted molar refractivity (Wildman–Crippen MR) is 67.2 cm³/mol.